The molecule has 80 valence electrons. The number of carboxylic acids is 1. The van der Waals surface area contributed by atoms with Crippen molar-refractivity contribution in [3.8, 4) is 0 Å². The van der Waals surface area contributed by atoms with Gasteiger partial charge in [0.2, 0.25) is 0 Å². The molecule has 0 aromatic heterocycles. The Hall–Kier alpha value is -1.26. The fourth-order valence-electron chi connectivity index (χ4n) is 1.83. The molecular weight excluding hydrogens is 184 g/mol. The first-order valence-electron chi connectivity index (χ1n) is 4.78. The summed E-state index contributed by atoms with van der Waals surface area (Å²) in [6, 6.07) is -0.407. The molecule has 5 nitrogen and oxygen atoms in total. The van der Waals surface area contributed by atoms with Crippen molar-refractivity contribution in [2.24, 2.45) is 17.6 Å². The van der Waals surface area contributed by atoms with Crippen molar-refractivity contribution in [2.45, 2.75) is 19.8 Å². The second-order valence-corrected chi connectivity index (χ2v) is 3.91. The fourth-order valence-corrected chi connectivity index (χ4v) is 1.83. The fraction of sp³-hybridized carbons (Fsp3) is 0.778. The Morgan fingerprint density at radius 1 is 1.64 bits per heavy atom. The Kier molecular flexibility index (Phi) is 3.33. The number of likely N-dealkylation sites (tertiary alicyclic amines) is 1. The first-order valence-corrected chi connectivity index (χ1v) is 4.78. The smallest absolute Gasteiger partial charge is 0.314 e. The van der Waals surface area contributed by atoms with E-state index >= 15 is 0 Å². The molecule has 2 unspecified atom stereocenters. The lowest BCUT2D eigenvalue weighted by Gasteiger charge is -2.14. The van der Waals surface area contributed by atoms with Crippen LogP contribution >= 0.6 is 0 Å². The normalized spacial score (nSPS) is 23.5. The summed E-state index contributed by atoms with van der Waals surface area (Å²) in [7, 11) is 0. The predicted molar refractivity (Wildman–Crippen MR) is 50.7 cm³/mol. The van der Waals surface area contributed by atoms with Crippen molar-refractivity contribution < 1.29 is 14.7 Å². The van der Waals surface area contributed by atoms with Gasteiger partial charge in [0.1, 0.15) is 0 Å². The Bertz CT molecular complexity index is 242. The maximum atomic E-state index is 10.8. The largest absolute Gasteiger partial charge is 0.481 e. The van der Waals surface area contributed by atoms with Gasteiger partial charge in [-0.25, -0.2) is 4.79 Å². The van der Waals surface area contributed by atoms with Gasteiger partial charge >= 0.3 is 12.0 Å². The van der Waals surface area contributed by atoms with Gasteiger partial charge in [-0.1, -0.05) is 6.92 Å². The number of hydrogen-bond donors (Lipinski definition) is 2. The van der Waals surface area contributed by atoms with Crippen LogP contribution < -0.4 is 5.73 Å². The standard InChI is InChI=1S/C9H16N2O3/c1-6(8(12)13)4-7-2-3-11(5-7)9(10)14/h6-7H,2-5H2,1H3,(H2,10,14)(H,12,13). The zero-order chi connectivity index (χ0) is 10.7. The van der Waals surface area contributed by atoms with E-state index in [4.69, 9.17) is 10.8 Å². The molecule has 0 bridgehead atoms. The van der Waals surface area contributed by atoms with E-state index in [2.05, 4.69) is 0 Å². The van der Waals surface area contributed by atoms with Crippen molar-refractivity contribution in [3.05, 3.63) is 0 Å². The van der Waals surface area contributed by atoms with E-state index < -0.39 is 12.0 Å². The number of carbonyl (C=O) groups excluding carboxylic acids is 1. The van der Waals surface area contributed by atoms with E-state index in [1.807, 2.05) is 0 Å². The molecule has 2 amide bonds. The summed E-state index contributed by atoms with van der Waals surface area (Å²) in [5.41, 5.74) is 5.12. The van der Waals surface area contributed by atoms with Gasteiger partial charge < -0.3 is 15.7 Å². The van der Waals surface area contributed by atoms with Crippen molar-refractivity contribution >= 4 is 12.0 Å². The van der Waals surface area contributed by atoms with E-state index in [9.17, 15) is 9.59 Å². The molecule has 0 spiro atoms. The van der Waals surface area contributed by atoms with Gasteiger partial charge in [-0.2, -0.15) is 0 Å². The van der Waals surface area contributed by atoms with Crippen LogP contribution in [0, 0.1) is 11.8 Å². The van der Waals surface area contributed by atoms with Gasteiger partial charge in [0.25, 0.3) is 0 Å². The van der Waals surface area contributed by atoms with Crippen LogP contribution in [0.2, 0.25) is 0 Å². The summed E-state index contributed by atoms with van der Waals surface area (Å²) in [5.74, 6) is -0.830. The van der Waals surface area contributed by atoms with Crippen molar-refractivity contribution in [3.63, 3.8) is 0 Å². The summed E-state index contributed by atoms with van der Waals surface area (Å²) in [5, 5.41) is 8.71. The van der Waals surface area contributed by atoms with Crippen LogP contribution in [-0.4, -0.2) is 35.1 Å². The van der Waals surface area contributed by atoms with Gasteiger partial charge in [-0.3, -0.25) is 4.79 Å². The molecule has 2 atom stereocenters. The third-order valence-electron chi connectivity index (χ3n) is 2.71. The number of nitrogens with zero attached hydrogens (tertiary/aromatic N) is 1. The van der Waals surface area contributed by atoms with Crippen LogP contribution in [0.5, 0.6) is 0 Å². The number of amides is 2. The van der Waals surface area contributed by atoms with Gasteiger partial charge in [-0.15, -0.1) is 0 Å². The van der Waals surface area contributed by atoms with Crippen LogP contribution in [-0.2, 0) is 4.79 Å². The number of nitrogens with two attached hydrogens (primary N) is 1. The molecule has 3 N–H and O–H groups in total. The molecule has 0 aromatic carbocycles. The molecule has 0 aliphatic carbocycles. The molecule has 1 saturated heterocycles. The second kappa shape index (κ2) is 4.30. The second-order valence-electron chi connectivity index (χ2n) is 3.91. The van der Waals surface area contributed by atoms with Gasteiger partial charge in [0.05, 0.1) is 5.92 Å². The molecule has 1 heterocycles. The molecule has 1 rings (SSSR count). The number of rotatable bonds is 3. The highest BCUT2D eigenvalue weighted by Crippen LogP contribution is 2.23. The molecule has 0 radical (unpaired) electrons. The predicted octanol–water partition coefficient (Wildman–Crippen LogP) is 0.498. The third kappa shape index (κ3) is 2.61. The van der Waals surface area contributed by atoms with Crippen LogP contribution in [0.1, 0.15) is 19.8 Å². The number of hydrogen-bond acceptors (Lipinski definition) is 2. The molecule has 1 aliphatic heterocycles. The minimum atomic E-state index is -0.775. The molecule has 14 heavy (non-hydrogen) atoms. The summed E-state index contributed by atoms with van der Waals surface area (Å²) in [6.45, 7) is 2.95. The maximum absolute atomic E-state index is 10.8. The molecule has 1 aliphatic rings. The lowest BCUT2D eigenvalue weighted by molar-refractivity contribution is -0.141. The minimum absolute atomic E-state index is 0.286. The van der Waals surface area contributed by atoms with Crippen molar-refractivity contribution in [1.82, 2.24) is 4.90 Å². The molecule has 0 aromatic rings. The first kappa shape index (κ1) is 10.8. The average molecular weight is 200 g/mol. The van der Waals surface area contributed by atoms with Crippen molar-refractivity contribution in [1.29, 1.82) is 0 Å². The number of primary amides is 1. The highest BCUT2D eigenvalue weighted by atomic mass is 16.4. The monoisotopic (exact) mass is 200 g/mol. The topological polar surface area (TPSA) is 83.6 Å². The lowest BCUT2D eigenvalue weighted by atomic mass is 9.95. The van der Waals surface area contributed by atoms with Crippen LogP contribution in [0.4, 0.5) is 4.79 Å². The van der Waals surface area contributed by atoms with Gasteiger partial charge in [-0.05, 0) is 18.8 Å². The van der Waals surface area contributed by atoms with E-state index in [-0.39, 0.29) is 11.8 Å². The summed E-state index contributed by atoms with van der Waals surface area (Å²) < 4.78 is 0. The van der Waals surface area contributed by atoms with E-state index in [1.165, 1.54) is 0 Å². The van der Waals surface area contributed by atoms with Gasteiger partial charge in [0, 0.05) is 13.1 Å². The van der Waals surface area contributed by atoms with Gasteiger partial charge in [0.15, 0.2) is 0 Å². The van der Waals surface area contributed by atoms with Crippen molar-refractivity contribution in [2.75, 3.05) is 13.1 Å². The third-order valence-corrected chi connectivity index (χ3v) is 2.71. The molecule has 5 heteroatoms. The highest BCUT2D eigenvalue weighted by Gasteiger charge is 2.27. The summed E-state index contributed by atoms with van der Waals surface area (Å²) in [4.78, 5) is 23.0. The zero-order valence-electron chi connectivity index (χ0n) is 8.27. The van der Waals surface area contributed by atoms with Crippen LogP contribution in [0.3, 0.4) is 0 Å². The zero-order valence-corrected chi connectivity index (χ0v) is 8.27. The molecule has 0 saturated carbocycles. The Morgan fingerprint density at radius 3 is 2.71 bits per heavy atom. The van der Waals surface area contributed by atoms with E-state index in [1.54, 1.807) is 11.8 Å². The highest BCUT2D eigenvalue weighted by molar-refractivity contribution is 5.72. The number of urea groups is 1. The number of carbonyl (C=O) groups is 2. The van der Waals surface area contributed by atoms with E-state index in [0.717, 1.165) is 6.42 Å². The Balaban J connectivity index is 2.36. The Labute approximate surface area is 82.9 Å². The molecule has 1 fully saturated rings. The number of aliphatic carboxylic acids is 1. The summed E-state index contributed by atoms with van der Waals surface area (Å²) in [6.07, 6.45) is 1.49. The quantitative estimate of drug-likeness (QED) is 0.695. The SMILES string of the molecule is CC(CC1CCN(C(N)=O)C1)C(=O)O. The summed E-state index contributed by atoms with van der Waals surface area (Å²) >= 11 is 0. The van der Waals surface area contributed by atoms with E-state index in [0.29, 0.717) is 19.5 Å². The van der Waals surface area contributed by atoms with Crippen LogP contribution in [0.15, 0.2) is 0 Å². The first-order chi connectivity index (χ1) is 6.50. The average Bonchev–Trinajstić information content (AvgIpc) is 2.52. The Morgan fingerprint density at radius 2 is 2.29 bits per heavy atom. The van der Waals surface area contributed by atoms with Crippen LogP contribution in [0.25, 0.3) is 0 Å². The minimum Gasteiger partial charge on any atom is -0.481 e. The lowest BCUT2D eigenvalue weighted by Crippen LogP contribution is -2.33. The molecular formula is C9H16N2O3. The maximum Gasteiger partial charge on any atom is 0.314 e. The number of carboxylic acid groups (broad SMARTS) is 1.